The molecule has 1 heterocycles. The third kappa shape index (κ3) is 8.62. The lowest BCUT2D eigenvalue weighted by Gasteiger charge is -2.37. The van der Waals surface area contributed by atoms with Crippen LogP contribution in [0.2, 0.25) is 0 Å². The predicted molar refractivity (Wildman–Crippen MR) is 160 cm³/mol. The lowest BCUT2D eigenvalue weighted by Crippen LogP contribution is -2.59. The van der Waals surface area contributed by atoms with Crippen molar-refractivity contribution >= 4 is 21.8 Å². The zero-order valence-corrected chi connectivity index (χ0v) is 25.7. The van der Waals surface area contributed by atoms with Crippen molar-refractivity contribution in [3.63, 3.8) is 0 Å². The van der Waals surface area contributed by atoms with E-state index in [1.807, 2.05) is 95.5 Å². The first kappa shape index (κ1) is 31.8. The number of nitrogens with one attached hydrogen (secondary N) is 1. The van der Waals surface area contributed by atoms with Gasteiger partial charge in [0, 0.05) is 25.7 Å². The van der Waals surface area contributed by atoms with Crippen LogP contribution in [0.4, 0.5) is 0 Å². The molecule has 0 aliphatic carbocycles. The van der Waals surface area contributed by atoms with Crippen LogP contribution in [0.15, 0.2) is 60.7 Å². The van der Waals surface area contributed by atoms with E-state index >= 15 is 0 Å². The fourth-order valence-electron chi connectivity index (χ4n) is 4.98. The van der Waals surface area contributed by atoms with Crippen LogP contribution < -0.4 is 5.32 Å². The Balaban J connectivity index is 1.83. The maximum absolute atomic E-state index is 14.0. The molecule has 220 valence electrons. The third-order valence-corrected chi connectivity index (χ3v) is 9.52. The molecule has 3 rings (SSSR count). The van der Waals surface area contributed by atoms with E-state index in [1.165, 1.54) is 0 Å². The predicted octanol–water partition coefficient (Wildman–Crippen LogP) is 3.53. The first-order chi connectivity index (χ1) is 18.8. The molecule has 8 nitrogen and oxygen atoms in total. The topological polar surface area (TPSA) is 90.0 Å². The Morgan fingerprint density at radius 2 is 1.57 bits per heavy atom. The van der Waals surface area contributed by atoms with Gasteiger partial charge in [0.15, 0.2) is 0 Å². The van der Waals surface area contributed by atoms with E-state index in [4.69, 9.17) is 0 Å². The van der Waals surface area contributed by atoms with E-state index in [0.29, 0.717) is 25.9 Å². The van der Waals surface area contributed by atoms with Gasteiger partial charge in [0.05, 0.1) is 11.8 Å². The molecule has 1 saturated heterocycles. The monoisotopic (exact) mass is 570 g/mol. The Bertz CT molecular complexity index is 1210. The maximum Gasteiger partial charge on any atom is 0.245 e. The van der Waals surface area contributed by atoms with E-state index in [9.17, 15) is 18.0 Å². The van der Waals surface area contributed by atoms with Crippen molar-refractivity contribution < 1.29 is 18.0 Å². The minimum absolute atomic E-state index is 0.0909. The number of likely N-dealkylation sites (N-methyl/N-ethyl adjacent to an activating group) is 1. The van der Waals surface area contributed by atoms with Crippen LogP contribution in [0, 0.1) is 5.41 Å². The highest BCUT2D eigenvalue weighted by Gasteiger charge is 2.41. The summed E-state index contributed by atoms with van der Waals surface area (Å²) in [5, 5.41) is 2.99. The average Bonchev–Trinajstić information content (AvgIpc) is 3.37. The van der Waals surface area contributed by atoms with Crippen LogP contribution in [0.5, 0.6) is 0 Å². The van der Waals surface area contributed by atoms with Crippen molar-refractivity contribution in [1.82, 2.24) is 19.4 Å². The number of rotatable bonds is 12. The van der Waals surface area contributed by atoms with Gasteiger partial charge in [-0.15, -0.1) is 0 Å². The van der Waals surface area contributed by atoms with Crippen LogP contribution in [0.3, 0.4) is 0 Å². The largest absolute Gasteiger partial charge is 0.342 e. The van der Waals surface area contributed by atoms with Gasteiger partial charge in [-0.1, -0.05) is 81.4 Å². The molecule has 0 bridgehead atoms. The molecule has 1 aliphatic rings. The van der Waals surface area contributed by atoms with Gasteiger partial charge >= 0.3 is 0 Å². The SMILES string of the molecule is C[C@@H](C(=O)N[C@H](C(=O)N1CCC[C@H]1CN(CCc1ccccc1)S(=O)(=O)Cc1ccccc1)C(C)(C)C)N(C)C. The van der Waals surface area contributed by atoms with Gasteiger partial charge in [-0.05, 0) is 56.8 Å². The van der Waals surface area contributed by atoms with Crippen LogP contribution in [0.25, 0.3) is 0 Å². The number of nitrogens with zero attached hydrogens (tertiary/aromatic N) is 3. The summed E-state index contributed by atoms with van der Waals surface area (Å²) in [6, 6.07) is 17.7. The summed E-state index contributed by atoms with van der Waals surface area (Å²) in [6.07, 6.45) is 2.09. The molecular weight excluding hydrogens is 524 g/mol. The first-order valence-electron chi connectivity index (χ1n) is 14.1. The molecule has 0 unspecified atom stereocenters. The van der Waals surface area contributed by atoms with Crippen LogP contribution in [0.1, 0.15) is 51.7 Å². The Hall–Kier alpha value is -2.75. The number of hydrogen-bond donors (Lipinski definition) is 1. The molecule has 2 amide bonds. The molecule has 1 fully saturated rings. The van der Waals surface area contributed by atoms with E-state index in [-0.39, 0.29) is 36.2 Å². The average molecular weight is 571 g/mol. The number of hydrogen-bond acceptors (Lipinski definition) is 5. The minimum atomic E-state index is -3.65. The molecule has 9 heteroatoms. The van der Waals surface area contributed by atoms with Crippen molar-refractivity contribution in [2.75, 3.05) is 33.7 Å². The van der Waals surface area contributed by atoms with Gasteiger partial charge in [-0.25, -0.2) is 8.42 Å². The number of amides is 2. The highest BCUT2D eigenvalue weighted by atomic mass is 32.2. The third-order valence-electron chi connectivity index (χ3n) is 7.71. The van der Waals surface area contributed by atoms with Crippen molar-refractivity contribution in [2.45, 2.75) is 70.8 Å². The smallest absolute Gasteiger partial charge is 0.245 e. The molecule has 40 heavy (non-hydrogen) atoms. The zero-order valence-electron chi connectivity index (χ0n) is 24.8. The number of benzene rings is 2. The summed E-state index contributed by atoms with van der Waals surface area (Å²) in [7, 11) is 0.00543. The van der Waals surface area contributed by atoms with Crippen molar-refractivity contribution in [1.29, 1.82) is 0 Å². The fourth-order valence-corrected chi connectivity index (χ4v) is 6.55. The Morgan fingerprint density at radius 1 is 1.00 bits per heavy atom. The van der Waals surface area contributed by atoms with Gasteiger partial charge < -0.3 is 10.2 Å². The van der Waals surface area contributed by atoms with Crippen molar-refractivity contribution in [2.24, 2.45) is 5.41 Å². The molecule has 0 saturated carbocycles. The highest BCUT2D eigenvalue weighted by Crippen LogP contribution is 2.27. The van der Waals surface area contributed by atoms with Crippen molar-refractivity contribution in [3.05, 3.63) is 71.8 Å². The summed E-state index contributed by atoms with van der Waals surface area (Å²) in [6.45, 7) is 8.73. The quantitative estimate of drug-likeness (QED) is 0.422. The molecule has 0 spiro atoms. The fraction of sp³-hybridized carbons (Fsp3) is 0.548. The summed E-state index contributed by atoms with van der Waals surface area (Å²) < 4.78 is 29.0. The lowest BCUT2D eigenvalue weighted by atomic mass is 9.85. The lowest BCUT2D eigenvalue weighted by molar-refractivity contribution is -0.141. The van der Waals surface area contributed by atoms with Gasteiger partial charge in [-0.2, -0.15) is 4.31 Å². The summed E-state index contributed by atoms with van der Waals surface area (Å²) in [5.74, 6) is -0.450. The van der Waals surface area contributed by atoms with Gasteiger partial charge in [0.2, 0.25) is 21.8 Å². The highest BCUT2D eigenvalue weighted by molar-refractivity contribution is 7.88. The molecule has 0 aromatic heterocycles. The van der Waals surface area contributed by atoms with E-state index in [1.54, 1.807) is 21.0 Å². The number of sulfonamides is 1. The first-order valence-corrected chi connectivity index (χ1v) is 15.7. The van der Waals surface area contributed by atoms with Gasteiger partial charge in [-0.3, -0.25) is 14.5 Å². The zero-order chi connectivity index (χ0) is 29.5. The summed E-state index contributed by atoms with van der Waals surface area (Å²) >= 11 is 0. The normalized spacial score (nSPS) is 17.7. The van der Waals surface area contributed by atoms with Crippen molar-refractivity contribution in [3.8, 4) is 0 Å². The molecular formula is C31H46N4O4S. The molecule has 3 atom stereocenters. The number of carbonyl (C=O) groups is 2. The molecule has 1 N–H and O–H groups in total. The standard InChI is InChI=1S/C31H46N4O4S/c1-24(33(5)6)29(36)32-28(31(2,3)4)30(37)35-20-13-18-27(35)22-34(21-19-25-14-9-7-10-15-25)40(38,39)23-26-16-11-8-12-17-26/h7-12,14-17,24,27-28H,13,18-23H2,1-6H3,(H,32,36)/t24-,27-,28+/m0/s1. The second-order valence-corrected chi connectivity index (χ2v) is 14.1. The Morgan fingerprint density at radius 3 is 2.12 bits per heavy atom. The molecule has 2 aromatic carbocycles. The van der Waals surface area contributed by atoms with Gasteiger partial charge in [0.1, 0.15) is 6.04 Å². The van der Waals surface area contributed by atoms with E-state index in [2.05, 4.69) is 5.32 Å². The molecule has 2 aromatic rings. The second-order valence-electron chi connectivity index (χ2n) is 12.1. The van der Waals surface area contributed by atoms with Gasteiger partial charge in [0.25, 0.3) is 0 Å². The van der Waals surface area contributed by atoms with E-state index < -0.39 is 21.5 Å². The second kappa shape index (κ2) is 13.7. The van der Waals surface area contributed by atoms with E-state index in [0.717, 1.165) is 17.5 Å². The maximum atomic E-state index is 14.0. The molecule has 1 aliphatic heterocycles. The number of carbonyl (C=O) groups excluding carboxylic acids is 2. The van der Waals surface area contributed by atoms with Crippen LogP contribution >= 0.6 is 0 Å². The Kier molecular flexibility index (Phi) is 10.9. The minimum Gasteiger partial charge on any atom is -0.342 e. The van der Waals surface area contributed by atoms with Crippen LogP contribution in [-0.4, -0.2) is 86.2 Å². The van der Waals surface area contributed by atoms with Crippen LogP contribution in [-0.2, 0) is 31.8 Å². The summed E-state index contributed by atoms with van der Waals surface area (Å²) in [5.41, 5.74) is 1.28. The summed E-state index contributed by atoms with van der Waals surface area (Å²) in [4.78, 5) is 30.5. The number of likely N-dealkylation sites (tertiary alicyclic amines) is 1. The Labute approximate surface area is 240 Å². The molecule has 0 radical (unpaired) electrons.